The normalized spacial score (nSPS) is 15.1. The maximum absolute atomic E-state index is 13.6. The SMILES string of the molecule is C=CC(=O)Nc1cc(Nc2nccc(-n3cc(CN4CCC4)c(-c4ccc(F)cc4)n3)n2)c(OC)cc1N1CCOCC1. The van der Waals surface area contributed by atoms with Crippen LogP contribution in [0.25, 0.3) is 17.1 Å². The molecular formula is C31H33FN8O3. The summed E-state index contributed by atoms with van der Waals surface area (Å²) in [4.78, 5) is 25.9. The van der Waals surface area contributed by atoms with Crippen molar-refractivity contribution in [1.29, 1.82) is 0 Å². The molecule has 0 saturated carbocycles. The number of halogens is 1. The number of amides is 1. The molecule has 0 bridgehead atoms. The lowest BCUT2D eigenvalue weighted by atomic mass is 10.1. The second-order valence-corrected chi connectivity index (χ2v) is 10.3. The first kappa shape index (κ1) is 28.3. The van der Waals surface area contributed by atoms with Gasteiger partial charge in [-0.05, 0) is 55.9 Å². The van der Waals surface area contributed by atoms with E-state index in [1.165, 1.54) is 24.6 Å². The van der Waals surface area contributed by atoms with Crippen molar-refractivity contribution in [1.82, 2.24) is 24.6 Å². The molecule has 0 aliphatic carbocycles. The standard InChI is InChI=1S/C31H33FN8O3/c1-3-29(41)34-24-17-25(27(42-2)18-26(24)39-13-15-43-16-14-39)35-31-33-10-9-28(36-31)40-20-22(19-38-11-4-12-38)30(37-40)21-5-7-23(32)8-6-21/h3,5-10,17-18,20H,1,4,11-16,19H2,2H3,(H,34,41)(H,33,35,36). The average molecular weight is 585 g/mol. The Kier molecular flexibility index (Phi) is 8.29. The fourth-order valence-corrected chi connectivity index (χ4v) is 5.12. The zero-order chi connectivity index (χ0) is 29.8. The number of hydrogen-bond donors (Lipinski definition) is 2. The lowest BCUT2D eigenvalue weighted by molar-refractivity contribution is -0.111. The summed E-state index contributed by atoms with van der Waals surface area (Å²) >= 11 is 0. The number of nitrogens with zero attached hydrogens (tertiary/aromatic N) is 6. The van der Waals surface area contributed by atoms with E-state index >= 15 is 0 Å². The largest absolute Gasteiger partial charge is 0.494 e. The minimum atomic E-state index is -0.325. The molecule has 2 N–H and O–H groups in total. The number of likely N-dealkylation sites (tertiary alicyclic amines) is 1. The molecule has 2 fully saturated rings. The molecule has 11 nitrogen and oxygen atoms in total. The van der Waals surface area contributed by atoms with E-state index in [1.54, 1.807) is 42.3 Å². The van der Waals surface area contributed by atoms with Crippen LogP contribution in [-0.2, 0) is 16.1 Å². The Labute approximate surface area is 249 Å². The van der Waals surface area contributed by atoms with Crippen molar-refractivity contribution in [2.24, 2.45) is 0 Å². The number of rotatable bonds is 10. The van der Waals surface area contributed by atoms with E-state index in [-0.39, 0.29) is 11.7 Å². The Balaban J connectivity index is 1.32. The topological polar surface area (TPSA) is 110 Å². The van der Waals surface area contributed by atoms with Crippen LogP contribution in [-0.4, -0.2) is 77.1 Å². The lowest BCUT2D eigenvalue weighted by Crippen LogP contribution is -2.36. The van der Waals surface area contributed by atoms with Gasteiger partial charge in [-0.15, -0.1) is 0 Å². The average Bonchev–Trinajstić information content (AvgIpc) is 3.44. The highest BCUT2D eigenvalue weighted by Crippen LogP contribution is 2.38. The number of ether oxygens (including phenoxy) is 2. The number of methoxy groups -OCH3 is 1. The number of morpholine rings is 1. The Morgan fingerprint density at radius 3 is 2.60 bits per heavy atom. The Morgan fingerprint density at radius 2 is 1.91 bits per heavy atom. The van der Waals surface area contributed by atoms with E-state index in [0.717, 1.165) is 42.1 Å². The predicted octanol–water partition coefficient (Wildman–Crippen LogP) is 4.39. The molecule has 0 spiro atoms. The highest BCUT2D eigenvalue weighted by atomic mass is 19.1. The van der Waals surface area contributed by atoms with Crippen LogP contribution >= 0.6 is 0 Å². The van der Waals surface area contributed by atoms with Gasteiger partial charge in [-0.25, -0.2) is 14.1 Å². The molecule has 0 atom stereocenters. The third kappa shape index (κ3) is 6.35. The molecule has 12 heteroatoms. The van der Waals surface area contributed by atoms with Gasteiger partial charge < -0.3 is 25.0 Å². The van der Waals surface area contributed by atoms with E-state index in [1.807, 2.05) is 12.3 Å². The summed E-state index contributed by atoms with van der Waals surface area (Å²) in [6, 6.07) is 11.8. The van der Waals surface area contributed by atoms with Crippen LogP contribution in [0.1, 0.15) is 12.0 Å². The molecule has 2 saturated heterocycles. The van der Waals surface area contributed by atoms with Crippen molar-refractivity contribution >= 4 is 28.9 Å². The summed E-state index contributed by atoms with van der Waals surface area (Å²) < 4.78 is 26.6. The first-order valence-corrected chi connectivity index (χ1v) is 14.2. The van der Waals surface area contributed by atoms with Gasteiger partial charge in [0.05, 0.1) is 43.1 Å². The van der Waals surface area contributed by atoms with Crippen molar-refractivity contribution in [2.75, 3.05) is 62.0 Å². The van der Waals surface area contributed by atoms with Gasteiger partial charge in [-0.1, -0.05) is 6.58 Å². The molecule has 1 amide bonds. The van der Waals surface area contributed by atoms with E-state index in [0.29, 0.717) is 55.2 Å². The fourth-order valence-electron chi connectivity index (χ4n) is 5.12. The Hall–Kier alpha value is -4.81. The molecule has 222 valence electrons. The first-order valence-electron chi connectivity index (χ1n) is 14.2. The maximum atomic E-state index is 13.6. The van der Waals surface area contributed by atoms with E-state index in [4.69, 9.17) is 19.6 Å². The zero-order valence-electron chi connectivity index (χ0n) is 23.9. The number of benzene rings is 2. The van der Waals surface area contributed by atoms with Gasteiger partial charge in [0, 0.05) is 55.3 Å². The van der Waals surface area contributed by atoms with Crippen molar-refractivity contribution in [2.45, 2.75) is 13.0 Å². The summed E-state index contributed by atoms with van der Waals surface area (Å²) in [5.74, 6) is 0.814. The molecule has 2 aromatic carbocycles. The van der Waals surface area contributed by atoms with Crippen molar-refractivity contribution < 1.29 is 18.7 Å². The number of carbonyl (C=O) groups is 1. The third-order valence-corrected chi connectivity index (χ3v) is 7.49. The summed E-state index contributed by atoms with van der Waals surface area (Å²) in [7, 11) is 1.59. The molecule has 4 aromatic rings. The summed E-state index contributed by atoms with van der Waals surface area (Å²) in [5.41, 5.74) is 4.63. The van der Waals surface area contributed by atoms with Crippen molar-refractivity contribution in [3.05, 3.63) is 78.9 Å². The van der Waals surface area contributed by atoms with Gasteiger partial charge in [-0.3, -0.25) is 9.69 Å². The van der Waals surface area contributed by atoms with Gasteiger partial charge in [0.25, 0.3) is 0 Å². The summed E-state index contributed by atoms with van der Waals surface area (Å²) in [6.45, 7) is 8.95. The molecular weight excluding hydrogens is 551 g/mol. The number of anilines is 4. The fraction of sp³-hybridized carbons (Fsp3) is 0.290. The van der Waals surface area contributed by atoms with E-state index < -0.39 is 0 Å². The number of nitrogens with one attached hydrogen (secondary N) is 2. The second-order valence-electron chi connectivity index (χ2n) is 10.3. The van der Waals surface area contributed by atoms with E-state index in [2.05, 4.69) is 32.0 Å². The van der Waals surface area contributed by atoms with Crippen LogP contribution in [0, 0.1) is 5.82 Å². The molecule has 0 unspecified atom stereocenters. The maximum Gasteiger partial charge on any atom is 0.247 e. The number of aromatic nitrogens is 4. The summed E-state index contributed by atoms with van der Waals surface area (Å²) in [6.07, 6.45) is 6.02. The van der Waals surface area contributed by atoms with Crippen LogP contribution in [0.4, 0.5) is 27.4 Å². The molecule has 0 radical (unpaired) electrons. The molecule has 2 aromatic heterocycles. The quantitative estimate of drug-likeness (QED) is 0.262. The van der Waals surface area contributed by atoms with Gasteiger partial charge >= 0.3 is 0 Å². The van der Waals surface area contributed by atoms with Gasteiger partial charge in [0.1, 0.15) is 11.6 Å². The molecule has 43 heavy (non-hydrogen) atoms. The van der Waals surface area contributed by atoms with Crippen LogP contribution in [0.3, 0.4) is 0 Å². The molecule has 2 aliphatic heterocycles. The van der Waals surface area contributed by atoms with Crippen LogP contribution in [0.15, 0.2) is 67.5 Å². The second kappa shape index (κ2) is 12.6. The van der Waals surface area contributed by atoms with Crippen LogP contribution in [0.2, 0.25) is 0 Å². The Bertz CT molecular complexity index is 1610. The predicted molar refractivity (Wildman–Crippen MR) is 163 cm³/mol. The third-order valence-electron chi connectivity index (χ3n) is 7.49. The van der Waals surface area contributed by atoms with Gasteiger partial charge in [0.2, 0.25) is 11.9 Å². The first-order chi connectivity index (χ1) is 21.0. The molecule has 6 rings (SSSR count). The van der Waals surface area contributed by atoms with Gasteiger partial charge in [-0.2, -0.15) is 10.1 Å². The van der Waals surface area contributed by atoms with Crippen LogP contribution in [0.5, 0.6) is 5.75 Å². The Morgan fingerprint density at radius 1 is 1.12 bits per heavy atom. The molecule has 2 aliphatic rings. The van der Waals surface area contributed by atoms with Gasteiger partial charge in [0.15, 0.2) is 5.82 Å². The number of hydrogen-bond acceptors (Lipinski definition) is 9. The highest BCUT2D eigenvalue weighted by molar-refractivity contribution is 6.02. The zero-order valence-corrected chi connectivity index (χ0v) is 23.9. The van der Waals surface area contributed by atoms with Crippen LogP contribution < -0.4 is 20.3 Å². The van der Waals surface area contributed by atoms with Crippen molar-refractivity contribution in [3.63, 3.8) is 0 Å². The minimum absolute atomic E-state index is 0.292. The molecule has 4 heterocycles. The smallest absolute Gasteiger partial charge is 0.247 e. The lowest BCUT2D eigenvalue weighted by Gasteiger charge is -2.31. The summed E-state index contributed by atoms with van der Waals surface area (Å²) in [5, 5.41) is 11.0. The highest BCUT2D eigenvalue weighted by Gasteiger charge is 2.22. The monoisotopic (exact) mass is 584 g/mol. The van der Waals surface area contributed by atoms with Crippen molar-refractivity contribution in [3.8, 4) is 22.8 Å². The van der Waals surface area contributed by atoms with E-state index in [9.17, 15) is 9.18 Å². The minimum Gasteiger partial charge on any atom is -0.494 e. The number of carbonyl (C=O) groups excluding carboxylic acids is 1.